The molecule has 1 aromatic carbocycles. The van der Waals surface area contributed by atoms with Crippen LogP contribution in [-0.2, 0) is 0 Å². The molecule has 0 aliphatic carbocycles. The minimum Gasteiger partial charge on any atom is -0.207 e. The topological polar surface area (TPSA) is 24.7 Å². The van der Waals surface area contributed by atoms with Crippen LogP contribution >= 0.6 is 11.8 Å². The molecule has 5 heteroatoms. The van der Waals surface area contributed by atoms with Crippen LogP contribution < -0.4 is 0 Å². The molecule has 0 N–H and O–H groups in total. The Bertz CT molecular complexity index is 288. The highest BCUT2D eigenvalue weighted by molar-refractivity contribution is 6.14. The van der Waals surface area contributed by atoms with Crippen LogP contribution in [0.1, 0.15) is 0 Å². The van der Waals surface area contributed by atoms with Gasteiger partial charge in [-0.1, -0.05) is 4.63 Å². The van der Waals surface area contributed by atoms with Crippen LogP contribution in [0.25, 0.3) is 0 Å². The van der Waals surface area contributed by atoms with Gasteiger partial charge in [0.25, 0.3) is 0 Å². The summed E-state index contributed by atoms with van der Waals surface area (Å²) in [6.07, 6.45) is 0. The maximum Gasteiger partial charge on any atom is 0.153 e. The fourth-order valence-corrected chi connectivity index (χ4v) is 0.685. The Morgan fingerprint density at radius 2 is 2.00 bits per heavy atom. The first-order chi connectivity index (χ1) is 5.24. The van der Waals surface area contributed by atoms with Gasteiger partial charge in [0.15, 0.2) is 5.82 Å². The summed E-state index contributed by atoms with van der Waals surface area (Å²) in [6, 6.07) is 2.93. The summed E-state index contributed by atoms with van der Waals surface area (Å²) >= 11 is 4.85. The third-order valence-electron chi connectivity index (χ3n) is 1.06. The zero-order valence-electron chi connectivity index (χ0n) is 5.26. The third-order valence-corrected chi connectivity index (χ3v) is 1.13. The van der Waals surface area contributed by atoms with Gasteiger partial charge < -0.3 is 0 Å². The SMILES string of the molecule is Fc1ccc(N=NCl)c(F)c1. The molecule has 0 spiro atoms. The van der Waals surface area contributed by atoms with E-state index in [1.54, 1.807) is 0 Å². The first kappa shape index (κ1) is 8.07. The quantitative estimate of drug-likeness (QED) is 0.587. The lowest BCUT2D eigenvalue weighted by atomic mass is 10.3. The molecular weight excluding hydrogens is 174 g/mol. The monoisotopic (exact) mass is 176 g/mol. The average Bonchev–Trinajstić information content (AvgIpc) is 1.95. The number of hydrogen-bond acceptors (Lipinski definition) is 2. The van der Waals surface area contributed by atoms with Gasteiger partial charge in [0.2, 0.25) is 0 Å². The first-order valence-electron chi connectivity index (χ1n) is 2.71. The van der Waals surface area contributed by atoms with Crippen LogP contribution in [0.15, 0.2) is 27.9 Å². The second kappa shape index (κ2) is 3.39. The molecule has 0 aliphatic heterocycles. The summed E-state index contributed by atoms with van der Waals surface area (Å²) < 4.78 is 27.7. The Balaban J connectivity index is 3.09. The summed E-state index contributed by atoms with van der Waals surface area (Å²) in [5, 5.41) is 3.20. The molecule has 0 fully saturated rings. The van der Waals surface area contributed by atoms with Crippen molar-refractivity contribution in [2.24, 2.45) is 9.75 Å². The van der Waals surface area contributed by atoms with E-state index < -0.39 is 11.6 Å². The molecule has 0 saturated heterocycles. The minimum absolute atomic E-state index is 0.0820. The average molecular weight is 177 g/mol. The predicted molar refractivity (Wildman–Crippen MR) is 36.7 cm³/mol. The van der Waals surface area contributed by atoms with Crippen molar-refractivity contribution in [1.82, 2.24) is 0 Å². The largest absolute Gasteiger partial charge is 0.207 e. The molecule has 0 aliphatic rings. The van der Waals surface area contributed by atoms with E-state index in [4.69, 9.17) is 11.8 Å². The van der Waals surface area contributed by atoms with Gasteiger partial charge in [-0.2, -0.15) is 0 Å². The Morgan fingerprint density at radius 3 is 2.55 bits per heavy atom. The molecular formula is C6H3ClF2N2. The Hall–Kier alpha value is -1.03. The fourth-order valence-electron chi connectivity index (χ4n) is 0.603. The second-order valence-electron chi connectivity index (χ2n) is 1.77. The summed E-state index contributed by atoms with van der Waals surface area (Å²) in [5.41, 5.74) is -0.0820. The van der Waals surface area contributed by atoms with Crippen molar-refractivity contribution >= 4 is 17.5 Å². The Labute approximate surface area is 66.6 Å². The summed E-state index contributed by atoms with van der Waals surface area (Å²) in [7, 11) is 0. The van der Waals surface area contributed by atoms with Crippen LogP contribution in [-0.4, -0.2) is 0 Å². The zero-order chi connectivity index (χ0) is 8.27. The highest BCUT2D eigenvalue weighted by atomic mass is 35.5. The van der Waals surface area contributed by atoms with Crippen molar-refractivity contribution < 1.29 is 8.78 Å². The van der Waals surface area contributed by atoms with E-state index in [2.05, 4.69) is 9.75 Å². The lowest BCUT2D eigenvalue weighted by Crippen LogP contribution is -1.77. The third kappa shape index (κ3) is 1.94. The summed E-state index contributed by atoms with van der Waals surface area (Å²) in [6.45, 7) is 0. The first-order valence-corrected chi connectivity index (χ1v) is 3.05. The predicted octanol–water partition coefficient (Wildman–Crippen LogP) is 3.20. The van der Waals surface area contributed by atoms with E-state index in [9.17, 15) is 8.78 Å². The normalized spacial score (nSPS) is 10.8. The van der Waals surface area contributed by atoms with E-state index in [0.29, 0.717) is 6.07 Å². The molecule has 0 bridgehead atoms. The molecule has 0 radical (unpaired) electrons. The van der Waals surface area contributed by atoms with Crippen LogP contribution in [0, 0.1) is 11.6 Å². The van der Waals surface area contributed by atoms with E-state index in [1.165, 1.54) is 0 Å². The number of hydrogen-bond donors (Lipinski definition) is 0. The van der Waals surface area contributed by atoms with Crippen molar-refractivity contribution in [3.63, 3.8) is 0 Å². The molecule has 0 saturated carbocycles. The highest BCUT2D eigenvalue weighted by Gasteiger charge is 2.00. The lowest BCUT2D eigenvalue weighted by molar-refractivity contribution is 0.584. The smallest absolute Gasteiger partial charge is 0.153 e. The van der Waals surface area contributed by atoms with E-state index in [-0.39, 0.29) is 5.69 Å². The standard InChI is InChI=1S/C6H3ClF2N2/c7-11-10-6-2-1-4(8)3-5(6)9/h1-3H. The van der Waals surface area contributed by atoms with E-state index in [0.717, 1.165) is 12.1 Å². The van der Waals surface area contributed by atoms with Gasteiger partial charge in [0.1, 0.15) is 11.5 Å². The maximum absolute atomic E-state index is 12.6. The van der Waals surface area contributed by atoms with Crippen LogP contribution in [0.4, 0.5) is 14.5 Å². The molecule has 0 amide bonds. The zero-order valence-corrected chi connectivity index (χ0v) is 6.02. The van der Waals surface area contributed by atoms with Gasteiger partial charge >= 0.3 is 0 Å². The molecule has 58 valence electrons. The lowest BCUT2D eigenvalue weighted by Gasteiger charge is -1.92. The number of halogens is 3. The molecule has 1 rings (SSSR count). The van der Waals surface area contributed by atoms with Crippen LogP contribution in [0.5, 0.6) is 0 Å². The van der Waals surface area contributed by atoms with Gasteiger partial charge in [-0.3, -0.25) is 0 Å². The molecule has 0 atom stereocenters. The van der Waals surface area contributed by atoms with Crippen molar-refractivity contribution in [2.45, 2.75) is 0 Å². The number of rotatable bonds is 1. The number of benzene rings is 1. The van der Waals surface area contributed by atoms with Crippen molar-refractivity contribution in [3.8, 4) is 0 Å². The molecule has 2 nitrogen and oxygen atoms in total. The maximum atomic E-state index is 12.6. The fraction of sp³-hybridized carbons (Fsp3) is 0. The molecule has 11 heavy (non-hydrogen) atoms. The minimum atomic E-state index is -0.783. The van der Waals surface area contributed by atoms with Crippen LogP contribution in [0.3, 0.4) is 0 Å². The summed E-state index contributed by atoms with van der Waals surface area (Å²) in [5.74, 6) is -1.44. The van der Waals surface area contributed by atoms with Crippen molar-refractivity contribution in [2.75, 3.05) is 0 Å². The molecule has 1 aromatic rings. The van der Waals surface area contributed by atoms with Gasteiger partial charge in [-0.05, 0) is 12.1 Å². The van der Waals surface area contributed by atoms with Crippen molar-refractivity contribution in [3.05, 3.63) is 29.8 Å². The van der Waals surface area contributed by atoms with Crippen molar-refractivity contribution in [1.29, 1.82) is 0 Å². The molecule has 0 heterocycles. The van der Waals surface area contributed by atoms with Crippen LogP contribution in [0.2, 0.25) is 0 Å². The number of nitrogens with zero attached hydrogens (tertiary/aromatic N) is 2. The summed E-state index contributed by atoms with van der Waals surface area (Å²) in [4.78, 5) is 0. The highest BCUT2D eigenvalue weighted by Crippen LogP contribution is 2.18. The van der Waals surface area contributed by atoms with E-state index in [1.807, 2.05) is 0 Å². The van der Waals surface area contributed by atoms with Gasteiger partial charge in [-0.15, -0.1) is 5.11 Å². The molecule has 0 unspecified atom stereocenters. The Morgan fingerprint density at radius 1 is 1.27 bits per heavy atom. The van der Waals surface area contributed by atoms with Gasteiger partial charge in [-0.25, -0.2) is 8.78 Å². The van der Waals surface area contributed by atoms with Gasteiger partial charge in [0, 0.05) is 6.07 Å². The Kier molecular flexibility index (Phi) is 2.48. The van der Waals surface area contributed by atoms with Gasteiger partial charge in [0.05, 0.1) is 11.8 Å². The second-order valence-corrected chi connectivity index (χ2v) is 1.92. The molecule has 0 aromatic heterocycles. The van der Waals surface area contributed by atoms with E-state index >= 15 is 0 Å².